The van der Waals surface area contributed by atoms with Crippen molar-refractivity contribution in [2.45, 2.75) is 26.2 Å². The van der Waals surface area contributed by atoms with Crippen molar-refractivity contribution >= 4 is 11.6 Å². The third-order valence-corrected chi connectivity index (χ3v) is 4.40. The van der Waals surface area contributed by atoms with Crippen molar-refractivity contribution in [2.75, 3.05) is 31.1 Å². The van der Waals surface area contributed by atoms with Crippen LogP contribution < -0.4 is 4.90 Å². The maximum atomic E-state index is 12.2. The summed E-state index contributed by atoms with van der Waals surface area (Å²) >= 11 is 0. The van der Waals surface area contributed by atoms with Crippen molar-refractivity contribution in [2.24, 2.45) is 5.92 Å². The van der Waals surface area contributed by atoms with Crippen LogP contribution in [-0.2, 0) is 4.79 Å². The molecule has 2 fully saturated rings. The number of aryl methyl sites for hydroxylation is 1. The molecule has 3 rings (SSSR count). The van der Waals surface area contributed by atoms with E-state index in [0.29, 0.717) is 11.8 Å². The van der Waals surface area contributed by atoms with Crippen LogP contribution in [0.1, 0.15) is 24.8 Å². The number of piperazine rings is 1. The van der Waals surface area contributed by atoms with E-state index >= 15 is 0 Å². The number of pyridine rings is 1. The number of rotatable bonds is 2. The highest BCUT2D eigenvalue weighted by Gasteiger charge is 2.31. The van der Waals surface area contributed by atoms with Gasteiger partial charge in [-0.3, -0.25) is 9.78 Å². The van der Waals surface area contributed by atoms with Crippen LogP contribution in [0, 0.1) is 12.8 Å². The highest BCUT2D eigenvalue weighted by Crippen LogP contribution is 2.29. The molecular weight excluding hydrogens is 238 g/mol. The van der Waals surface area contributed by atoms with Crippen molar-refractivity contribution < 1.29 is 4.79 Å². The fourth-order valence-corrected chi connectivity index (χ4v) is 2.87. The van der Waals surface area contributed by atoms with Crippen LogP contribution in [-0.4, -0.2) is 42.0 Å². The first-order valence-corrected chi connectivity index (χ1v) is 7.20. The van der Waals surface area contributed by atoms with Gasteiger partial charge >= 0.3 is 0 Å². The van der Waals surface area contributed by atoms with E-state index in [-0.39, 0.29) is 0 Å². The maximum Gasteiger partial charge on any atom is 0.225 e. The monoisotopic (exact) mass is 259 g/mol. The molecule has 1 aromatic heterocycles. The summed E-state index contributed by atoms with van der Waals surface area (Å²) in [6.45, 7) is 5.66. The summed E-state index contributed by atoms with van der Waals surface area (Å²) in [6.07, 6.45) is 7.18. The quantitative estimate of drug-likeness (QED) is 0.813. The van der Waals surface area contributed by atoms with Crippen LogP contribution in [0.5, 0.6) is 0 Å². The molecule has 1 aliphatic carbocycles. The molecule has 0 N–H and O–H groups in total. The lowest BCUT2D eigenvalue weighted by molar-refractivity contribution is -0.138. The molecule has 1 amide bonds. The summed E-state index contributed by atoms with van der Waals surface area (Å²) in [5.74, 6) is 0.709. The third kappa shape index (κ3) is 2.44. The molecule has 2 heterocycles. The van der Waals surface area contributed by atoms with E-state index in [9.17, 15) is 4.79 Å². The lowest BCUT2D eigenvalue weighted by atomic mass is 9.84. The van der Waals surface area contributed by atoms with E-state index in [4.69, 9.17) is 0 Å². The van der Waals surface area contributed by atoms with Crippen molar-refractivity contribution in [3.8, 4) is 0 Å². The fourth-order valence-electron chi connectivity index (χ4n) is 2.87. The van der Waals surface area contributed by atoms with Gasteiger partial charge < -0.3 is 9.80 Å². The zero-order valence-corrected chi connectivity index (χ0v) is 11.5. The Bertz CT molecular complexity index is 462. The minimum atomic E-state index is 0.326. The molecule has 4 nitrogen and oxygen atoms in total. The smallest absolute Gasteiger partial charge is 0.225 e. The average molecular weight is 259 g/mol. The van der Waals surface area contributed by atoms with E-state index in [1.165, 1.54) is 17.7 Å². The predicted molar refractivity (Wildman–Crippen MR) is 75.1 cm³/mol. The normalized spacial score (nSPS) is 20.3. The van der Waals surface area contributed by atoms with E-state index < -0.39 is 0 Å². The van der Waals surface area contributed by atoms with Crippen molar-refractivity contribution in [3.05, 3.63) is 24.0 Å². The lowest BCUT2D eigenvalue weighted by Crippen LogP contribution is -2.51. The Morgan fingerprint density at radius 1 is 1.26 bits per heavy atom. The molecule has 0 spiro atoms. The van der Waals surface area contributed by atoms with Gasteiger partial charge in [0, 0.05) is 38.3 Å². The van der Waals surface area contributed by atoms with Gasteiger partial charge in [-0.1, -0.05) is 6.42 Å². The van der Waals surface area contributed by atoms with E-state index in [2.05, 4.69) is 16.8 Å². The molecule has 1 saturated carbocycles. The Morgan fingerprint density at radius 3 is 2.58 bits per heavy atom. The van der Waals surface area contributed by atoms with Crippen LogP contribution in [0.15, 0.2) is 18.5 Å². The number of carbonyl (C=O) groups excluding carboxylic acids is 1. The number of amides is 1. The number of nitrogens with zero attached hydrogens (tertiary/aromatic N) is 3. The third-order valence-electron chi connectivity index (χ3n) is 4.40. The molecule has 1 saturated heterocycles. The summed E-state index contributed by atoms with van der Waals surface area (Å²) in [5, 5.41) is 0. The Morgan fingerprint density at radius 2 is 2.00 bits per heavy atom. The number of hydrogen-bond donors (Lipinski definition) is 0. The lowest BCUT2D eigenvalue weighted by Gasteiger charge is -2.39. The number of anilines is 1. The largest absolute Gasteiger partial charge is 0.367 e. The zero-order chi connectivity index (χ0) is 13.2. The molecule has 2 aliphatic rings. The van der Waals surface area contributed by atoms with Gasteiger partial charge in [-0.2, -0.15) is 0 Å². The van der Waals surface area contributed by atoms with Gasteiger partial charge in [0.05, 0.1) is 11.9 Å². The number of hydrogen-bond acceptors (Lipinski definition) is 3. The van der Waals surface area contributed by atoms with E-state index in [1.54, 1.807) is 0 Å². The Kier molecular flexibility index (Phi) is 3.40. The first kappa shape index (κ1) is 12.5. The van der Waals surface area contributed by atoms with Gasteiger partial charge in [0.2, 0.25) is 5.91 Å². The molecule has 1 aliphatic heterocycles. The van der Waals surface area contributed by atoms with Gasteiger partial charge in [0.25, 0.3) is 0 Å². The Hall–Kier alpha value is -1.58. The fraction of sp³-hybridized carbons (Fsp3) is 0.600. The van der Waals surface area contributed by atoms with Crippen molar-refractivity contribution in [1.29, 1.82) is 0 Å². The highest BCUT2D eigenvalue weighted by molar-refractivity contribution is 5.79. The summed E-state index contributed by atoms with van der Waals surface area (Å²) in [4.78, 5) is 20.8. The van der Waals surface area contributed by atoms with Crippen molar-refractivity contribution in [3.63, 3.8) is 0 Å². The van der Waals surface area contributed by atoms with Gasteiger partial charge in [0.1, 0.15) is 0 Å². The molecule has 0 unspecified atom stereocenters. The molecule has 0 aromatic carbocycles. The average Bonchev–Trinajstić information content (AvgIpc) is 2.37. The van der Waals surface area contributed by atoms with Gasteiger partial charge in [-0.25, -0.2) is 0 Å². The van der Waals surface area contributed by atoms with Crippen LogP contribution in [0.4, 0.5) is 5.69 Å². The minimum Gasteiger partial charge on any atom is -0.367 e. The molecule has 0 bridgehead atoms. The van der Waals surface area contributed by atoms with Crippen LogP contribution >= 0.6 is 0 Å². The van der Waals surface area contributed by atoms with E-state index in [0.717, 1.165) is 39.0 Å². The maximum absolute atomic E-state index is 12.2. The Labute approximate surface area is 114 Å². The Balaban J connectivity index is 1.60. The second kappa shape index (κ2) is 5.19. The summed E-state index contributed by atoms with van der Waals surface area (Å²) in [6, 6.07) is 2.04. The first-order chi connectivity index (χ1) is 9.25. The zero-order valence-electron chi connectivity index (χ0n) is 11.5. The van der Waals surface area contributed by atoms with Crippen LogP contribution in [0.25, 0.3) is 0 Å². The topological polar surface area (TPSA) is 36.4 Å². The van der Waals surface area contributed by atoms with Crippen molar-refractivity contribution in [1.82, 2.24) is 9.88 Å². The summed E-state index contributed by atoms with van der Waals surface area (Å²) in [5.41, 5.74) is 2.46. The van der Waals surface area contributed by atoms with Crippen LogP contribution in [0.2, 0.25) is 0 Å². The molecular formula is C15H21N3O. The first-order valence-electron chi connectivity index (χ1n) is 7.20. The molecule has 0 radical (unpaired) electrons. The number of carbonyl (C=O) groups is 1. The van der Waals surface area contributed by atoms with Gasteiger partial charge in [-0.05, 0) is 31.4 Å². The standard InChI is InChI=1S/C15H21N3O/c1-12-5-6-16-11-14(12)17-7-9-18(10-8-17)15(19)13-3-2-4-13/h5-6,11,13H,2-4,7-10H2,1H3. The second-order valence-corrected chi connectivity index (χ2v) is 5.60. The highest BCUT2D eigenvalue weighted by atomic mass is 16.2. The predicted octanol–water partition coefficient (Wildman–Crippen LogP) is 1.84. The molecule has 102 valence electrons. The summed E-state index contributed by atoms with van der Waals surface area (Å²) in [7, 11) is 0. The molecule has 1 aromatic rings. The van der Waals surface area contributed by atoms with Gasteiger partial charge in [0.15, 0.2) is 0 Å². The second-order valence-electron chi connectivity index (χ2n) is 5.60. The van der Waals surface area contributed by atoms with Gasteiger partial charge in [-0.15, -0.1) is 0 Å². The molecule has 4 heteroatoms. The molecule has 19 heavy (non-hydrogen) atoms. The van der Waals surface area contributed by atoms with E-state index in [1.807, 2.05) is 23.4 Å². The number of aromatic nitrogens is 1. The molecule has 0 atom stereocenters. The minimum absolute atomic E-state index is 0.326. The summed E-state index contributed by atoms with van der Waals surface area (Å²) < 4.78 is 0. The SMILES string of the molecule is Cc1ccncc1N1CCN(C(=O)C2CCC2)CC1. The van der Waals surface area contributed by atoms with Crippen LogP contribution in [0.3, 0.4) is 0 Å².